The zero-order valence-corrected chi connectivity index (χ0v) is 10.5. The van der Waals surface area contributed by atoms with Gasteiger partial charge in [0.1, 0.15) is 11.2 Å². The second-order valence-electron chi connectivity index (χ2n) is 4.51. The molecule has 0 bridgehead atoms. The number of alkyl halides is 3. The Hall–Kier alpha value is -2.37. The van der Waals surface area contributed by atoms with Gasteiger partial charge < -0.3 is 4.98 Å². The Balaban J connectivity index is 2.26. The van der Waals surface area contributed by atoms with Gasteiger partial charge in [0.05, 0.1) is 11.1 Å². The molecule has 0 fully saturated rings. The minimum Gasteiger partial charge on any atom is -0.337 e. The molecule has 3 nitrogen and oxygen atoms in total. The molecular weight excluding hydrogens is 267 g/mol. The van der Waals surface area contributed by atoms with Crippen molar-refractivity contribution in [1.82, 2.24) is 15.0 Å². The highest BCUT2D eigenvalue weighted by Crippen LogP contribution is 2.35. The van der Waals surface area contributed by atoms with Crippen LogP contribution < -0.4 is 0 Å². The van der Waals surface area contributed by atoms with Gasteiger partial charge in [0.2, 0.25) is 0 Å². The maximum atomic E-state index is 13.0. The molecule has 0 aliphatic rings. The van der Waals surface area contributed by atoms with Gasteiger partial charge in [-0.1, -0.05) is 6.07 Å². The van der Waals surface area contributed by atoms with E-state index >= 15 is 0 Å². The number of aromatic nitrogens is 3. The Kier molecular flexibility index (Phi) is 2.74. The summed E-state index contributed by atoms with van der Waals surface area (Å²) in [7, 11) is 0. The third-order valence-corrected chi connectivity index (χ3v) is 2.94. The topological polar surface area (TPSA) is 41.6 Å². The predicted molar refractivity (Wildman–Crippen MR) is 69.1 cm³/mol. The molecule has 2 aromatic heterocycles. The van der Waals surface area contributed by atoms with Crippen LogP contribution in [0.5, 0.6) is 0 Å². The standard InChI is InChI=1S/C14H10F3N3/c1-8-6-9(14(15,16)17)12-11(7-8)19-13(20-12)10-4-2-3-5-18-10/h2-7H,1H3,(H,19,20). The Morgan fingerprint density at radius 3 is 2.60 bits per heavy atom. The lowest BCUT2D eigenvalue weighted by Crippen LogP contribution is -2.06. The number of halogens is 3. The molecule has 102 valence electrons. The molecule has 0 amide bonds. The first-order chi connectivity index (χ1) is 9.45. The monoisotopic (exact) mass is 277 g/mol. The van der Waals surface area contributed by atoms with Crippen molar-refractivity contribution >= 4 is 11.0 Å². The third kappa shape index (κ3) is 2.13. The molecule has 0 saturated carbocycles. The fraction of sp³-hybridized carbons (Fsp3) is 0.143. The van der Waals surface area contributed by atoms with Crippen molar-refractivity contribution in [3.63, 3.8) is 0 Å². The highest BCUT2D eigenvalue weighted by Gasteiger charge is 2.34. The van der Waals surface area contributed by atoms with Crippen LogP contribution in [0, 0.1) is 6.92 Å². The van der Waals surface area contributed by atoms with Gasteiger partial charge in [0.15, 0.2) is 5.82 Å². The SMILES string of the molecule is Cc1cc(C(F)(F)F)c2nc(-c3ccccn3)[nH]c2c1. The number of nitrogens with zero attached hydrogens (tertiary/aromatic N) is 2. The number of imidazole rings is 1. The number of nitrogens with one attached hydrogen (secondary N) is 1. The summed E-state index contributed by atoms with van der Waals surface area (Å²) >= 11 is 0. The summed E-state index contributed by atoms with van der Waals surface area (Å²) in [6, 6.07) is 7.93. The summed E-state index contributed by atoms with van der Waals surface area (Å²) in [5, 5.41) is 0. The number of hydrogen-bond donors (Lipinski definition) is 1. The van der Waals surface area contributed by atoms with E-state index in [0.29, 0.717) is 22.6 Å². The minimum atomic E-state index is -4.43. The number of pyridine rings is 1. The van der Waals surface area contributed by atoms with E-state index in [1.54, 1.807) is 37.4 Å². The van der Waals surface area contributed by atoms with Crippen molar-refractivity contribution in [3.05, 3.63) is 47.7 Å². The van der Waals surface area contributed by atoms with Gasteiger partial charge in [-0.15, -0.1) is 0 Å². The molecule has 1 aromatic carbocycles. The van der Waals surface area contributed by atoms with Crippen LogP contribution in [-0.4, -0.2) is 15.0 Å². The summed E-state index contributed by atoms with van der Waals surface area (Å²) < 4.78 is 39.1. The smallest absolute Gasteiger partial charge is 0.337 e. The minimum absolute atomic E-state index is 0.0799. The molecule has 3 aromatic rings. The summed E-state index contributed by atoms with van der Waals surface area (Å²) in [6.45, 7) is 1.62. The number of aromatic amines is 1. The molecule has 0 saturated heterocycles. The van der Waals surface area contributed by atoms with Crippen molar-refractivity contribution in [2.45, 2.75) is 13.1 Å². The summed E-state index contributed by atoms with van der Waals surface area (Å²) in [5.41, 5.74) is 0.586. The molecule has 6 heteroatoms. The van der Waals surface area contributed by atoms with Crippen LogP contribution in [0.2, 0.25) is 0 Å². The second kappa shape index (κ2) is 4.33. The zero-order chi connectivity index (χ0) is 14.3. The quantitative estimate of drug-likeness (QED) is 0.731. The van der Waals surface area contributed by atoms with E-state index < -0.39 is 11.7 Å². The number of benzene rings is 1. The Labute approximate surface area is 112 Å². The van der Waals surface area contributed by atoms with Gasteiger partial charge >= 0.3 is 6.18 Å². The predicted octanol–water partition coefficient (Wildman–Crippen LogP) is 3.95. The fourth-order valence-corrected chi connectivity index (χ4v) is 2.10. The van der Waals surface area contributed by atoms with E-state index in [1.165, 1.54) is 0 Å². The van der Waals surface area contributed by atoms with Gasteiger partial charge in [-0.25, -0.2) is 4.98 Å². The summed E-state index contributed by atoms with van der Waals surface area (Å²) in [5.74, 6) is 0.330. The molecular formula is C14H10F3N3. The molecule has 1 N–H and O–H groups in total. The Morgan fingerprint density at radius 1 is 1.15 bits per heavy atom. The van der Waals surface area contributed by atoms with E-state index in [-0.39, 0.29) is 5.52 Å². The first-order valence-electron chi connectivity index (χ1n) is 5.94. The third-order valence-electron chi connectivity index (χ3n) is 2.94. The summed E-state index contributed by atoms with van der Waals surface area (Å²) in [4.78, 5) is 11.0. The highest BCUT2D eigenvalue weighted by atomic mass is 19.4. The molecule has 0 aliphatic carbocycles. The lowest BCUT2D eigenvalue weighted by Gasteiger charge is -2.07. The van der Waals surface area contributed by atoms with Crippen LogP contribution in [0.3, 0.4) is 0 Å². The number of rotatable bonds is 1. The van der Waals surface area contributed by atoms with E-state index in [9.17, 15) is 13.2 Å². The first-order valence-corrected chi connectivity index (χ1v) is 5.94. The van der Waals surface area contributed by atoms with Crippen molar-refractivity contribution in [3.8, 4) is 11.5 Å². The molecule has 0 radical (unpaired) electrons. The van der Waals surface area contributed by atoms with Crippen LogP contribution in [0.1, 0.15) is 11.1 Å². The van der Waals surface area contributed by atoms with Gasteiger partial charge in [-0.05, 0) is 36.8 Å². The van der Waals surface area contributed by atoms with Gasteiger partial charge in [-0.3, -0.25) is 4.98 Å². The van der Waals surface area contributed by atoms with Crippen LogP contribution in [0.25, 0.3) is 22.6 Å². The summed E-state index contributed by atoms with van der Waals surface area (Å²) in [6.07, 6.45) is -2.86. The van der Waals surface area contributed by atoms with Crippen molar-refractivity contribution in [2.75, 3.05) is 0 Å². The van der Waals surface area contributed by atoms with Crippen molar-refractivity contribution in [2.24, 2.45) is 0 Å². The molecule has 0 atom stereocenters. The van der Waals surface area contributed by atoms with Crippen molar-refractivity contribution in [1.29, 1.82) is 0 Å². The Bertz CT molecular complexity index is 760. The largest absolute Gasteiger partial charge is 0.418 e. The normalized spacial score (nSPS) is 12.0. The zero-order valence-electron chi connectivity index (χ0n) is 10.5. The average molecular weight is 277 g/mol. The molecule has 0 spiro atoms. The van der Waals surface area contributed by atoms with E-state index in [0.717, 1.165) is 6.07 Å². The first kappa shape index (κ1) is 12.7. The van der Waals surface area contributed by atoms with Crippen LogP contribution in [0.15, 0.2) is 36.5 Å². The Morgan fingerprint density at radius 2 is 1.95 bits per heavy atom. The second-order valence-corrected chi connectivity index (χ2v) is 4.51. The molecule has 0 aliphatic heterocycles. The number of hydrogen-bond acceptors (Lipinski definition) is 2. The maximum absolute atomic E-state index is 13.0. The maximum Gasteiger partial charge on any atom is 0.418 e. The lowest BCUT2D eigenvalue weighted by molar-refractivity contribution is -0.136. The van der Waals surface area contributed by atoms with Crippen LogP contribution in [0.4, 0.5) is 13.2 Å². The molecule has 2 heterocycles. The van der Waals surface area contributed by atoms with Crippen LogP contribution >= 0.6 is 0 Å². The van der Waals surface area contributed by atoms with Gasteiger partial charge in [-0.2, -0.15) is 13.2 Å². The number of fused-ring (bicyclic) bond motifs is 1. The van der Waals surface area contributed by atoms with E-state index in [1.807, 2.05) is 0 Å². The highest BCUT2D eigenvalue weighted by molar-refractivity contribution is 5.83. The van der Waals surface area contributed by atoms with Crippen LogP contribution in [-0.2, 0) is 6.18 Å². The van der Waals surface area contributed by atoms with E-state index in [4.69, 9.17) is 0 Å². The number of H-pyrrole nitrogens is 1. The lowest BCUT2D eigenvalue weighted by atomic mass is 10.1. The fourth-order valence-electron chi connectivity index (χ4n) is 2.10. The average Bonchev–Trinajstić information content (AvgIpc) is 2.81. The van der Waals surface area contributed by atoms with Gasteiger partial charge in [0.25, 0.3) is 0 Å². The van der Waals surface area contributed by atoms with Gasteiger partial charge in [0, 0.05) is 6.20 Å². The molecule has 0 unspecified atom stereocenters. The van der Waals surface area contributed by atoms with E-state index in [2.05, 4.69) is 15.0 Å². The molecule has 20 heavy (non-hydrogen) atoms. The number of aryl methyl sites for hydroxylation is 1. The van der Waals surface area contributed by atoms with Crippen molar-refractivity contribution < 1.29 is 13.2 Å². The molecule has 3 rings (SSSR count).